The van der Waals surface area contributed by atoms with E-state index < -0.39 is 0 Å². The van der Waals surface area contributed by atoms with Crippen LogP contribution in [0.5, 0.6) is 5.75 Å². The molecule has 1 aromatic heterocycles. The summed E-state index contributed by atoms with van der Waals surface area (Å²) in [5, 5.41) is 4.42. The first kappa shape index (κ1) is 15.3. The molecule has 0 aliphatic carbocycles. The van der Waals surface area contributed by atoms with Crippen molar-refractivity contribution in [3.05, 3.63) is 46.8 Å². The molecule has 0 saturated heterocycles. The monoisotopic (exact) mass is 286 g/mol. The van der Waals surface area contributed by atoms with E-state index in [4.69, 9.17) is 4.74 Å². The predicted octanol–water partition coefficient (Wildman–Crippen LogP) is 3.40. The summed E-state index contributed by atoms with van der Waals surface area (Å²) in [6, 6.07) is 7.10. The third kappa shape index (κ3) is 3.15. The molecular formula is C17H22N2O2. The summed E-state index contributed by atoms with van der Waals surface area (Å²) in [5.41, 5.74) is 3.65. The van der Waals surface area contributed by atoms with Crippen LogP contribution in [0.2, 0.25) is 0 Å². The maximum absolute atomic E-state index is 12.6. The van der Waals surface area contributed by atoms with Crippen molar-refractivity contribution < 1.29 is 9.53 Å². The number of ether oxygens (including phenoxy) is 1. The van der Waals surface area contributed by atoms with Gasteiger partial charge in [-0.05, 0) is 56.0 Å². The Morgan fingerprint density at radius 1 is 1.24 bits per heavy atom. The van der Waals surface area contributed by atoms with Crippen molar-refractivity contribution in [3.63, 3.8) is 0 Å². The fourth-order valence-corrected chi connectivity index (χ4v) is 2.43. The molecule has 0 bridgehead atoms. The van der Waals surface area contributed by atoms with Crippen LogP contribution in [0.25, 0.3) is 0 Å². The van der Waals surface area contributed by atoms with Crippen molar-refractivity contribution in [2.45, 2.75) is 34.1 Å². The van der Waals surface area contributed by atoms with E-state index in [1.165, 1.54) is 10.2 Å². The minimum Gasteiger partial charge on any atom is -0.497 e. The van der Waals surface area contributed by atoms with Gasteiger partial charge in [-0.1, -0.05) is 13.8 Å². The molecule has 112 valence electrons. The highest BCUT2D eigenvalue weighted by Gasteiger charge is 2.18. The molecule has 4 nitrogen and oxygen atoms in total. The summed E-state index contributed by atoms with van der Waals surface area (Å²) in [5.74, 6) is 1.17. The molecule has 0 N–H and O–H groups in total. The average molecular weight is 286 g/mol. The maximum Gasteiger partial charge on any atom is 0.278 e. The number of rotatable bonds is 4. The second kappa shape index (κ2) is 6.12. The van der Waals surface area contributed by atoms with Gasteiger partial charge in [0.05, 0.1) is 12.8 Å². The van der Waals surface area contributed by atoms with E-state index in [2.05, 4.69) is 18.9 Å². The summed E-state index contributed by atoms with van der Waals surface area (Å²) >= 11 is 0. The number of aryl methyl sites for hydroxylation is 1. The Morgan fingerprint density at radius 3 is 2.38 bits per heavy atom. The van der Waals surface area contributed by atoms with Crippen LogP contribution >= 0.6 is 0 Å². The molecule has 0 aliphatic heterocycles. The van der Waals surface area contributed by atoms with Crippen molar-refractivity contribution in [2.24, 2.45) is 5.92 Å². The lowest BCUT2D eigenvalue weighted by atomic mass is 10.0. The van der Waals surface area contributed by atoms with Gasteiger partial charge in [0.2, 0.25) is 0 Å². The molecule has 2 aromatic rings. The van der Waals surface area contributed by atoms with E-state index in [0.29, 0.717) is 11.5 Å². The fourth-order valence-electron chi connectivity index (χ4n) is 2.43. The lowest BCUT2D eigenvalue weighted by Gasteiger charge is -2.07. The Bertz CT molecular complexity index is 640. The van der Waals surface area contributed by atoms with Gasteiger partial charge >= 0.3 is 0 Å². The number of carbonyl (C=O) groups is 1. The molecule has 1 aromatic carbocycles. The largest absolute Gasteiger partial charge is 0.497 e. The lowest BCUT2D eigenvalue weighted by molar-refractivity contribution is 0.0942. The lowest BCUT2D eigenvalue weighted by Crippen LogP contribution is -2.15. The van der Waals surface area contributed by atoms with Crippen LogP contribution in [0.15, 0.2) is 24.3 Å². The molecule has 0 unspecified atom stereocenters. The quantitative estimate of drug-likeness (QED) is 0.865. The van der Waals surface area contributed by atoms with E-state index >= 15 is 0 Å². The number of methoxy groups -OCH3 is 1. The van der Waals surface area contributed by atoms with Crippen LogP contribution in [-0.2, 0) is 6.42 Å². The summed E-state index contributed by atoms with van der Waals surface area (Å²) in [6.45, 7) is 8.25. The Labute approximate surface area is 125 Å². The molecule has 0 fully saturated rings. The number of hydrogen-bond acceptors (Lipinski definition) is 3. The number of carbonyl (C=O) groups excluding carboxylic acids is 1. The molecule has 0 aliphatic rings. The maximum atomic E-state index is 12.6. The van der Waals surface area contributed by atoms with E-state index in [-0.39, 0.29) is 5.91 Å². The zero-order valence-electron chi connectivity index (χ0n) is 13.3. The zero-order chi connectivity index (χ0) is 15.6. The Balaban J connectivity index is 2.34. The van der Waals surface area contributed by atoms with Gasteiger partial charge in [-0.15, -0.1) is 0 Å². The van der Waals surface area contributed by atoms with Gasteiger partial charge in [-0.25, -0.2) is 4.68 Å². The first-order chi connectivity index (χ1) is 9.93. The van der Waals surface area contributed by atoms with Gasteiger partial charge < -0.3 is 4.74 Å². The molecule has 4 heteroatoms. The summed E-state index contributed by atoms with van der Waals surface area (Å²) in [4.78, 5) is 12.6. The number of benzene rings is 1. The molecule has 0 spiro atoms. The molecule has 0 amide bonds. The Morgan fingerprint density at radius 2 is 1.86 bits per heavy atom. The van der Waals surface area contributed by atoms with Crippen LogP contribution in [0, 0.1) is 19.8 Å². The third-order valence-electron chi connectivity index (χ3n) is 3.58. The van der Waals surface area contributed by atoms with Gasteiger partial charge in [-0.2, -0.15) is 5.10 Å². The highest BCUT2D eigenvalue weighted by atomic mass is 16.5. The van der Waals surface area contributed by atoms with E-state index in [9.17, 15) is 4.79 Å². The predicted molar refractivity (Wildman–Crippen MR) is 83.0 cm³/mol. The van der Waals surface area contributed by atoms with E-state index in [0.717, 1.165) is 23.6 Å². The van der Waals surface area contributed by atoms with Gasteiger partial charge in [-0.3, -0.25) is 4.79 Å². The van der Waals surface area contributed by atoms with Crippen molar-refractivity contribution in [2.75, 3.05) is 7.11 Å². The summed E-state index contributed by atoms with van der Waals surface area (Å²) in [7, 11) is 1.61. The summed E-state index contributed by atoms with van der Waals surface area (Å²) in [6.07, 6.45) is 0.938. The van der Waals surface area contributed by atoms with Crippen molar-refractivity contribution in [1.82, 2.24) is 9.78 Å². The van der Waals surface area contributed by atoms with Crippen molar-refractivity contribution >= 4 is 5.91 Å². The highest BCUT2D eigenvalue weighted by Crippen LogP contribution is 2.19. The average Bonchev–Trinajstić information content (AvgIpc) is 2.74. The molecule has 1 heterocycles. The Hall–Kier alpha value is -2.10. The smallest absolute Gasteiger partial charge is 0.278 e. The van der Waals surface area contributed by atoms with Gasteiger partial charge in [0, 0.05) is 11.3 Å². The zero-order valence-corrected chi connectivity index (χ0v) is 13.3. The standard InChI is InChI=1S/C17H22N2O2/c1-11(2)10-16-12(3)18-19(13(16)4)17(20)14-6-8-15(21-5)9-7-14/h6-9,11H,10H2,1-5H3. The molecule has 0 saturated carbocycles. The van der Waals surface area contributed by atoms with E-state index in [1.54, 1.807) is 31.4 Å². The highest BCUT2D eigenvalue weighted by molar-refractivity contribution is 5.96. The molecule has 0 radical (unpaired) electrons. The van der Waals surface area contributed by atoms with Crippen LogP contribution < -0.4 is 4.74 Å². The molecule has 0 atom stereocenters. The minimum atomic E-state index is -0.103. The number of nitrogens with zero attached hydrogens (tertiary/aromatic N) is 2. The SMILES string of the molecule is COc1ccc(C(=O)n2nc(C)c(CC(C)C)c2C)cc1. The van der Waals surface area contributed by atoms with Crippen molar-refractivity contribution in [3.8, 4) is 5.75 Å². The van der Waals surface area contributed by atoms with Crippen molar-refractivity contribution in [1.29, 1.82) is 0 Å². The topological polar surface area (TPSA) is 44.1 Å². The van der Waals surface area contributed by atoms with E-state index in [1.807, 2.05) is 13.8 Å². The van der Waals surface area contributed by atoms with Gasteiger partial charge in [0.25, 0.3) is 5.91 Å². The second-order valence-corrected chi connectivity index (χ2v) is 5.69. The first-order valence-electron chi connectivity index (χ1n) is 7.18. The normalized spacial score (nSPS) is 11.0. The minimum absolute atomic E-state index is 0.103. The van der Waals surface area contributed by atoms with Crippen LogP contribution in [-0.4, -0.2) is 22.8 Å². The summed E-state index contributed by atoms with van der Waals surface area (Å²) < 4.78 is 6.62. The molecule has 2 rings (SSSR count). The fraction of sp³-hybridized carbons (Fsp3) is 0.412. The van der Waals surface area contributed by atoms with Gasteiger partial charge in [0.1, 0.15) is 5.75 Å². The Kier molecular flexibility index (Phi) is 4.46. The van der Waals surface area contributed by atoms with Crippen LogP contribution in [0.4, 0.5) is 0 Å². The van der Waals surface area contributed by atoms with Gasteiger partial charge in [0.15, 0.2) is 0 Å². The van der Waals surface area contributed by atoms with Crippen LogP contribution in [0.1, 0.15) is 41.2 Å². The second-order valence-electron chi connectivity index (χ2n) is 5.69. The molecule has 21 heavy (non-hydrogen) atoms. The van der Waals surface area contributed by atoms with Crippen LogP contribution in [0.3, 0.4) is 0 Å². The number of hydrogen-bond donors (Lipinski definition) is 0. The number of aromatic nitrogens is 2. The molecular weight excluding hydrogens is 264 g/mol. The third-order valence-corrected chi connectivity index (χ3v) is 3.58. The first-order valence-corrected chi connectivity index (χ1v) is 7.18.